The van der Waals surface area contributed by atoms with Gasteiger partial charge in [0.1, 0.15) is 29.9 Å². The molecule has 11 heteroatoms. The first-order chi connectivity index (χ1) is 17.6. The normalized spacial score (nSPS) is 18.6. The molecule has 1 saturated heterocycles. The van der Waals surface area contributed by atoms with E-state index in [4.69, 9.17) is 18.9 Å². The van der Waals surface area contributed by atoms with E-state index in [1.165, 1.54) is 26.3 Å². The van der Waals surface area contributed by atoms with Crippen LogP contribution in [0.25, 0.3) is 22.3 Å². The number of nitrogens with zero attached hydrogens (tertiary/aromatic N) is 3. The molecule has 0 spiro atoms. The van der Waals surface area contributed by atoms with Gasteiger partial charge in [0.25, 0.3) is 5.91 Å². The Kier molecular flexibility index (Phi) is 5.84. The lowest BCUT2D eigenvalue weighted by molar-refractivity contribution is -0.134. The molecule has 0 unspecified atom stereocenters. The number of rotatable bonds is 8. The topological polar surface area (TPSA) is 128 Å². The van der Waals surface area contributed by atoms with Crippen LogP contribution >= 0.6 is 0 Å². The number of likely N-dealkylation sites (tertiary alicyclic amines) is 1. The van der Waals surface area contributed by atoms with Crippen LogP contribution in [-0.2, 0) is 9.53 Å². The van der Waals surface area contributed by atoms with Crippen molar-refractivity contribution in [3.05, 3.63) is 30.2 Å². The molecule has 0 bridgehead atoms. The molecule has 11 nitrogen and oxygen atoms in total. The molecular weight excluding hydrogens is 466 g/mol. The van der Waals surface area contributed by atoms with Gasteiger partial charge in [0.05, 0.1) is 23.3 Å². The van der Waals surface area contributed by atoms with E-state index < -0.39 is 0 Å². The number of hydrogen-bond acceptors (Lipinski definition) is 8. The lowest BCUT2D eigenvalue weighted by atomic mass is 10.1. The molecule has 6 rings (SSSR count). The number of aromatic amines is 1. The fourth-order valence-electron chi connectivity index (χ4n) is 4.68. The first kappa shape index (κ1) is 22.6. The van der Waals surface area contributed by atoms with Crippen LogP contribution in [0.2, 0.25) is 0 Å². The summed E-state index contributed by atoms with van der Waals surface area (Å²) < 4.78 is 22.5. The molecule has 1 aromatic carbocycles. The van der Waals surface area contributed by atoms with E-state index in [2.05, 4.69) is 20.3 Å². The largest absolute Gasteiger partial charge is 0.492 e. The summed E-state index contributed by atoms with van der Waals surface area (Å²) >= 11 is 0. The molecule has 2 N–H and O–H groups in total. The number of amides is 2. The Morgan fingerprint density at radius 2 is 2.11 bits per heavy atom. The van der Waals surface area contributed by atoms with E-state index in [-0.39, 0.29) is 31.3 Å². The molecular formula is C25H27N5O6. The Labute approximate surface area is 207 Å². The minimum absolute atomic E-state index is 0.0348. The van der Waals surface area contributed by atoms with E-state index in [1.807, 2.05) is 12.1 Å². The van der Waals surface area contributed by atoms with E-state index in [1.54, 1.807) is 11.1 Å². The highest BCUT2D eigenvalue weighted by Gasteiger charge is 2.31. The Balaban J connectivity index is 1.28. The van der Waals surface area contributed by atoms with Gasteiger partial charge in [0, 0.05) is 32.4 Å². The minimum Gasteiger partial charge on any atom is -0.492 e. The molecule has 2 aromatic heterocycles. The van der Waals surface area contributed by atoms with E-state index in [9.17, 15) is 9.59 Å². The van der Waals surface area contributed by atoms with Crippen molar-refractivity contribution in [2.45, 2.75) is 25.3 Å². The summed E-state index contributed by atoms with van der Waals surface area (Å²) in [7, 11) is 1.49. The van der Waals surface area contributed by atoms with Gasteiger partial charge < -0.3 is 34.1 Å². The molecule has 1 atom stereocenters. The number of aromatic nitrogens is 3. The molecule has 0 radical (unpaired) electrons. The molecule has 2 amide bonds. The maximum absolute atomic E-state index is 13.2. The Morgan fingerprint density at radius 1 is 1.22 bits per heavy atom. The van der Waals surface area contributed by atoms with Crippen molar-refractivity contribution in [1.29, 1.82) is 0 Å². The van der Waals surface area contributed by atoms with Gasteiger partial charge in [-0.25, -0.2) is 9.97 Å². The van der Waals surface area contributed by atoms with Crippen molar-refractivity contribution < 1.29 is 28.5 Å². The molecule has 3 aliphatic rings. The fraction of sp³-hybridized carbons (Fsp3) is 0.440. The van der Waals surface area contributed by atoms with E-state index >= 15 is 0 Å². The highest BCUT2D eigenvalue weighted by atomic mass is 16.7. The third kappa shape index (κ3) is 4.19. The predicted octanol–water partition coefficient (Wildman–Crippen LogP) is 2.12. The summed E-state index contributed by atoms with van der Waals surface area (Å²) in [6.07, 6.45) is 6.09. The summed E-state index contributed by atoms with van der Waals surface area (Å²) in [4.78, 5) is 39.1. The second-order valence-electron chi connectivity index (χ2n) is 9.31. The van der Waals surface area contributed by atoms with Crippen LogP contribution in [0.15, 0.2) is 24.7 Å². The summed E-state index contributed by atoms with van der Waals surface area (Å²) in [5, 5.41) is 3.03. The van der Waals surface area contributed by atoms with Gasteiger partial charge in [-0.1, -0.05) is 0 Å². The zero-order valence-corrected chi connectivity index (χ0v) is 19.9. The zero-order valence-electron chi connectivity index (χ0n) is 19.9. The van der Waals surface area contributed by atoms with Crippen LogP contribution in [0, 0.1) is 5.92 Å². The number of carbonyl (C=O) groups excluding carboxylic acids is 2. The van der Waals surface area contributed by atoms with Crippen LogP contribution in [-0.4, -0.2) is 77.9 Å². The van der Waals surface area contributed by atoms with Gasteiger partial charge in [0.15, 0.2) is 11.5 Å². The van der Waals surface area contributed by atoms with Gasteiger partial charge in [-0.15, -0.1) is 0 Å². The molecule has 36 heavy (non-hydrogen) atoms. The molecule has 2 fully saturated rings. The van der Waals surface area contributed by atoms with Crippen molar-refractivity contribution in [2.24, 2.45) is 5.92 Å². The number of ether oxygens (including phenoxy) is 4. The standard InChI is InChI=1S/C25H27N5O6/c1-33-11-19(31)30-7-6-15(9-30)29-25(32)16-8-26-23-21(16)27-12-28-22(23)20-17(34-10-14-2-3-14)4-5-18-24(20)36-13-35-18/h4-5,8,12,14-15,26H,2-3,6-7,9-11,13H2,1H3,(H,29,32)/t15-/m0/s1. The maximum atomic E-state index is 13.2. The second-order valence-corrected chi connectivity index (χ2v) is 9.31. The summed E-state index contributed by atoms with van der Waals surface area (Å²) in [6, 6.07) is 3.56. The molecule has 1 aliphatic carbocycles. The average molecular weight is 494 g/mol. The van der Waals surface area contributed by atoms with Crippen molar-refractivity contribution in [3.8, 4) is 28.5 Å². The number of nitrogens with one attached hydrogen (secondary N) is 2. The van der Waals surface area contributed by atoms with Crippen molar-refractivity contribution in [2.75, 3.05) is 40.2 Å². The number of hydrogen-bond donors (Lipinski definition) is 2. The number of fused-ring (bicyclic) bond motifs is 2. The Bertz CT molecular complexity index is 1320. The molecule has 3 aromatic rings. The van der Waals surface area contributed by atoms with Crippen LogP contribution in [0.3, 0.4) is 0 Å². The van der Waals surface area contributed by atoms with Crippen molar-refractivity contribution in [3.63, 3.8) is 0 Å². The average Bonchev–Trinajstić information content (AvgIpc) is 3.25. The lowest BCUT2D eigenvalue weighted by Crippen LogP contribution is -2.39. The van der Waals surface area contributed by atoms with Gasteiger partial charge in [-0.05, 0) is 37.3 Å². The van der Waals surface area contributed by atoms with Crippen LogP contribution in [0.1, 0.15) is 29.6 Å². The lowest BCUT2D eigenvalue weighted by Gasteiger charge is -2.16. The molecule has 2 aliphatic heterocycles. The second kappa shape index (κ2) is 9.30. The van der Waals surface area contributed by atoms with Gasteiger partial charge in [-0.3, -0.25) is 9.59 Å². The third-order valence-electron chi connectivity index (χ3n) is 6.76. The first-order valence-electron chi connectivity index (χ1n) is 12.1. The Morgan fingerprint density at radius 3 is 2.94 bits per heavy atom. The number of methoxy groups -OCH3 is 1. The number of H-pyrrole nitrogens is 1. The van der Waals surface area contributed by atoms with Gasteiger partial charge >= 0.3 is 0 Å². The molecule has 4 heterocycles. The fourth-order valence-corrected chi connectivity index (χ4v) is 4.68. The van der Waals surface area contributed by atoms with Gasteiger partial charge in [-0.2, -0.15) is 0 Å². The monoisotopic (exact) mass is 493 g/mol. The number of carbonyl (C=O) groups is 2. The van der Waals surface area contributed by atoms with E-state index in [0.29, 0.717) is 77.1 Å². The van der Waals surface area contributed by atoms with Gasteiger partial charge in [0.2, 0.25) is 12.7 Å². The van der Waals surface area contributed by atoms with Crippen molar-refractivity contribution >= 4 is 22.8 Å². The third-order valence-corrected chi connectivity index (χ3v) is 6.76. The minimum atomic E-state index is -0.264. The van der Waals surface area contributed by atoms with Crippen molar-refractivity contribution in [1.82, 2.24) is 25.2 Å². The highest BCUT2D eigenvalue weighted by molar-refractivity contribution is 6.08. The van der Waals surface area contributed by atoms with E-state index in [0.717, 1.165) is 0 Å². The maximum Gasteiger partial charge on any atom is 0.255 e. The predicted molar refractivity (Wildman–Crippen MR) is 128 cm³/mol. The SMILES string of the molecule is COCC(=O)N1CC[C@H](NC(=O)c2c[nH]c3c(-c4c(OCC5CC5)ccc5c4OCO5)ncnc23)C1. The highest BCUT2D eigenvalue weighted by Crippen LogP contribution is 2.48. The smallest absolute Gasteiger partial charge is 0.255 e. The Hall–Kier alpha value is -3.86. The quantitative estimate of drug-likeness (QED) is 0.489. The summed E-state index contributed by atoms with van der Waals surface area (Å²) in [6.45, 7) is 1.81. The summed E-state index contributed by atoms with van der Waals surface area (Å²) in [5.41, 5.74) is 2.75. The van der Waals surface area contributed by atoms with Crippen LogP contribution < -0.4 is 19.5 Å². The van der Waals surface area contributed by atoms with Crippen LogP contribution in [0.5, 0.6) is 17.2 Å². The van der Waals surface area contributed by atoms with Crippen LogP contribution in [0.4, 0.5) is 0 Å². The first-order valence-corrected chi connectivity index (χ1v) is 12.1. The number of benzene rings is 1. The molecule has 1 saturated carbocycles. The summed E-state index contributed by atoms with van der Waals surface area (Å²) in [5.74, 6) is 2.06. The molecule has 188 valence electrons. The zero-order chi connectivity index (χ0) is 24.6.